The van der Waals surface area contributed by atoms with Gasteiger partial charge in [0.1, 0.15) is 0 Å². The monoisotopic (exact) mass is 237 g/mol. The van der Waals surface area contributed by atoms with Crippen LogP contribution in [0.4, 0.5) is 0 Å². The van der Waals surface area contributed by atoms with E-state index in [1.54, 1.807) is 6.07 Å². The molecule has 1 heterocycles. The van der Waals surface area contributed by atoms with E-state index >= 15 is 0 Å². The standard InChI is InChI=1S/C10H15N5O2/c1-2-5-15(7-9(11)14-17)10(16)8-3-4-12-13-6-8/h3-4,6,17H,2,5,7H2,1H3,(H2,11,14). The largest absolute Gasteiger partial charge is 0.409 e. The number of rotatable bonds is 5. The molecule has 92 valence electrons. The van der Waals surface area contributed by atoms with Crippen molar-refractivity contribution in [2.45, 2.75) is 13.3 Å². The van der Waals surface area contributed by atoms with Gasteiger partial charge in [-0.1, -0.05) is 12.1 Å². The molecule has 1 aromatic rings. The van der Waals surface area contributed by atoms with Gasteiger partial charge in [-0.15, -0.1) is 0 Å². The second-order valence-electron chi connectivity index (χ2n) is 3.45. The van der Waals surface area contributed by atoms with Gasteiger partial charge in [-0.25, -0.2) is 0 Å². The second kappa shape index (κ2) is 6.41. The van der Waals surface area contributed by atoms with Gasteiger partial charge < -0.3 is 15.8 Å². The summed E-state index contributed by atoms with van der Waals surface area (Å²) in [5.41, 5.74) is 5.83. The number of hydrogen-bond donors (Lipinski definition) is 2. The lowest BCUT2D eigenvalue weighted by Gasteiger charge is -2.20. The molecule has 0 radical (unpaired) electrons. The van der Waals surface area contributed by atoms with Crippen molar-refractivity contribution in [3.63, 3.8) is 0 Å². The number of carbonyl (C=O) groups is 1. The Balaban J connectivity index is 2.80. The molecule has 0 aromatic carbocycles. The third-order valence-electron chi connectivity index (χ3n) is 2.09. The Hall–Kier alpha value is -2.18. The smallest absolute Gasteiger partial charge is 0.255 e. The molecule has 3 N–H and O–H groups in total. The lowest BCUT2D eigenvalue weighted by atomic mass is 10.2. The van der Waals surface area contributed by atoms with Crippen molar-refractivity contribution in [3.8, 4) is 0 Å². The summed E-state index contributed by atoms with van der Waals surface area (Å²) < 4.78 is 0. The van der Waals surface area contributed by atoms with Crippen LogP contribution in [0.3, 0.4) is 0 Å². The highest BCUT2D eigenvalue weighted by Crippen LogP contribution is 2.03. The third-order valence-corrected chi connectivity index (χ3v) is 2.09. The van der Waals surface area contributed by atoms with E-state index in [0.717, 1.165) is 6.42 Å². The molecule has 0 saturated heterocycles. The summed E-state index contributed by atoms with van der Waals surface area (Å²) in [6.07, 6.45) is 3.61. The van der Waals surface area contributed by atoms with Gasteiger partial charge in [0.15, 0.2) is 5.84 Å². The lowest BCUT2D eigenvalue weighted by molar-refractivity contribution is 0.0777. The molecule has 7 heteroatoms. The fourth-order valence-electron chi connectivity index (χ4n) is 1.35. The van der Waals surface area contributed by atoms with E-state index in [0.29, 0.717) is 12.1 Å². The highest BCUT2D eigenvalue weighted by atomic mass is 16.4. The van der Waals surface area contributed by atoms with Crippen molar-refractivity contribution in [3.05, 3.63) is 24.0 Å². The first-order valence-electron chi connectivity index (χ1n) is 5.21. The molecule has 0 atom stereocenters. The van der Waals surface area contributed by atoms with Crippen LogP contribution in [0.2, 0.25) is 0 Å². The van der Waals surface area contributed by atoms with Crippen LogP contribution in [0, 0.1) is 0 Å². The van der Waals surface area contributed by atoms with E-state index in [1.807, 2.05) is 6.92 Å². The highest BCUT2D eigenvalue weighted by Gasteiger charge is 2.16. The van der Waals surface area contributed by atoms with Crippen molar-refractivity contribution in [1.29, 1.82) is 0 Å². The Morgan fingerprint density at radius 3 is 2.88 bits per heavy atom. The number of nitrogens with zero attached hydrogens (tertiary/aromatic N) is 4. The van der Waals surface area contributed by atoms with Crippen molar-refractivity contribution in [1.82, 2.24) is 15.1 Å². The number of nitrogens with two attached hydrogens (primary N) is 1. The summed E-state index contributed by atoms with van der Waals surface area (Å²) in [7, 11) is 0. The molecule has 1 aromatic heterocycles. The SMILES string of the molecule is CCCN(C/C(N)=N/O)C(=O)c1ccnnc1. The molecular formula is C10H15N5O2. The Kier molecular flexibility index (Phi) is 4.86. The summed E-state index contributed by atoms with van der Waals surface area (Å²) in [5.74, 6) is -0.220. The summed E-state index contributed by atoms with van der Waals surface area (Å²) >= 11 is 0. The molecule has 17 heavy (non-hydrogen) atoms. The van der Waals surface area contributed by atoms with Gasteiger partial charge in [0, 0.05) is 6.54 Å². The van der Waals surface area contributed by atoms with E-state index in [2.05, 4.69) is 15.4 Å². The number of amidine groups is 1. The zero-order valence-electron chi connectivity index (χ0n) is 9.58. The first-order chi connectivity index (χ1) is 8.19. The molecule has 7 nitrogen and oxygen atoms in total. The quantitative estimate of drug-likeness (QED) is 0.326. The minimum absolute atomic E-state index is 0.00573. The van der Waals surface area contributed by atoms with E-state index in [1.165, 1.54) is 17.3 Å². The summed E-state index contributed by atoms with van der Waals surface area (Å²) in [5, 5.41) is 18.6. The van der Waals surface area contributed by atoms with Crippen molar-refractivity contribution in [2.24, 2.45) is 10.9 Å². The van der Waals surface area contributed by atoms with Crippen LogP contribution in [-0.2, 0) is 0 Å². The molecule has 0 saturated carbocycles. The summed E-state index contributed by atoms with van der Waals surface area (Å²) in [4.78, 5) is 13.5. The van der Waals surface area contributed by atoms with Gasteiger partial charge in [0.25, 0.3) is 5.91 Å². The van der Waals surface area contributed by atoms with E-state index in [-0.39, 0.29) is 18.3 Å². The van der Waals surface area contributed by atoms with Crippen molar-refractivity contribution >= 4 is 11.7 Å². The molecule has 1 amide bonds. The lowest BCUT2D eigenvalue weighted by Crippen LogP contribution is -2.39. The van der Waals surface area contributed by atoms with Gasteiger partial charge >= 0.3 is 0 Å². The van der Waals surface area contributed by atoms with Crippen LogP contribution in [0.1, 0.15) is 23.7 Å². The number of oxime groups is 1. The number of amides is 1. The van der Waals surface area contributed by atoms with E-state index in [4.69, 9.17) is 10.9 Å². The Bertz CT molecular complexity index is 393. The minimum atomic E-state index is -0.214. The van der Waals surface area contributed by atoms with Crippen molar-refractivity contribution < 1.29 is 10.0 Å². The van der Waals surface area contributed by atoms with Gasteiger partial charge in [0.05, 0.1) is 24.5 Å². The summed E-state index contributed by atoms with van der Waals surface area (Å²) in [6, 6.07) is 1.57. The molecule has 0 aliphatic rings. The molecule has 0 aliphatic heterocycles. The molecular weight excluding hydrogens is 222 g/mol. The predicted octanol–water partition coefficient (Wildman–Crippen LogP) is 0.0752. The van der Waals surface area contributed by atoms with Crippen LogP contribution in [0.25, 0.3) is 0 Å². The van der Waals surface area contributed by atoms with Gasteiger partial charge in [-0.3, -0.25) is 4.79 Å². The topological polar surface area (TPSA) is 105 Å². The molecule has 0 unspecified atom stereocenters. The van der Waals surface area contributed by atoms with Gasteiger partial charge in [0.2, 0.25) is 0 Å². The van der Waals surface area contributed by atoms with Crippen molar-refractivity contribution in [2.75, 3.05) is 13.1 Å². The maximum Gasteiger partial charge on any atom is 0.255 e. The average Bonchev–Trinajstić information content (AvgIpc) is 2.38. The first kappa shape index (κ1) is 12.9. The normalized spacial score (nSPS) is 11.2. The van der Waals surface area contributed by atoms with Gasteiger partial charge in [-0.2, -0.15) is 10.2 Å². The minimum Gasteiger partial charge on any atom is -0.409 e. The molecule has 1 rings (SSSR count). The van der Waals surface area contributed by atoms with Crippen LogP contribution in [0.5, 0.6) is 0 Å². The number of hydrogen-bond acceptors (Lipinski definition) is 5. The van der Waals surface area contributed by atoms with E-state index < -0.39 is 0 Å². The number of carbonyl (C=O) groups excluding carboxylic acids is 1. The highest BCUT2D eigenvalue weighted by molar-refractivity contribution is 5.96. The van der Waals surface area contributed by atoms with Crippen LogP contribution in [-0.4, -0.2) is 45.1 Å². The molecule has 0 bridgehead atoms. The summed E-state index contributed by atoms with van der Waals surface area (Å²) in [6.45, 7) is 2.56. The van der Waals surface area contributed by atoms with Gasteiger partial charge in [-0.05, 0) is 12.5 Å². The zero-order valence-corrected chi connectivity index (χ0v) is 9.58. The van der Waals surface area contributed by atoms with Crippen LogP contribution in [0.15, 0.2) is 23.6 Å². The Labute approximate surface area is 98.9 Å². The van der Waals surface area contributed by atoms with Crippen LogP contribution < -0.4 is 5.73 Å². The fourth-order valence-corrected chi connectivity index (χ4v) is 1.35. The molecule has 0 fully saturated rings. The Morgan fingerprint density at radius 1 is 1.59 bits per heavy atom. The zero-order chi connectivity index (χ0) is 12.7. The third kappa shape index (κ3) is 3.71. The maximum absolute atomic E-state index is 12.1. The van der Waals surface area contributed by atoms with Crippen LogP contribution >= 0.6 is 0 Å². The van der Waals surface area contributed by atoms with E-state index in [9.17, 15) is 4.79 Å². The molecule has 0 spiro atoms. The molecule has 0 aliphatic carbocycles. The maximum atomic E-state index is 12.1. The fraction of sp³-hybridized carbons (Fsp3) is 0.400. The predicted molar refractivity (Wildman–Crippen MR) is 61.6 cm³/mol. The average molecular weight is 237 g/mol. The Morgan fingerprint density at radius 2 is 2.35 bits per heavy atom. The second-order valence-corrected chi connectivity index (χ2v) is 3.45. The number of aromatic nitrogens is 2. The first-order valence-corrected chi connectivity index (χ1v) is 5.21.